The van der Waals surface area contributed by atoms with Crippen LogP contribution in [-0.2, 0) is 16.1 Å². The zero-order valence-corrected chi connectivity index (χ0v) is 15.2. The number of nitrogens with zero attached hydrogens (tertiary/aromatic N) is 1. The molecule has 1 aromatic carbocycles. The minimum Gasteiger partial charge on any atom is -0.377 e. The van der Waals surface area contributed by atoms with Gasteiger partial charge in [-0.05, 0) is 29.9 Å². The van der Waals surface area contributed by atoms with Crippen LogP contribution in [0.3, 0.4) is 0 Å². The third kappa shape index (κ3) is 6.50. The summed E-state index contributed by atoms with van der Waals surface area (Å²) in [6.45, 7) is 7.02. The summed E-state index contributed by atoms with van der Waals surface area (Å²) in [6.07, 6.45) is 2.51. The Balaban J connectivity index is 0.00000264. The topological polar surface area (TPSA) is 41.6 Å². The standard InChI is InChI=1S/C18H28N2O2.ClH/c1-14(2)16-8-6-15(7-9-16)13-20(3)18(21)12-19-11-17-5-4-10-22-17;/h6-9,14,17,19H,4-5,10-13H2,1-3H3;1H. The highest BCUT2D eigenvalue weighted by Crippen LogP contribution is 2.15. The van der Waals surface area contributed by atoms with Gasteiger partial charge < -0.3 is 15.0 Å². The quantitative estimate of drug-likeness (QED) is 0.829. The molecule has 0 aliphatic carbocycles. The maximum atomic E-state index is 12.1. The molecule has 1 atom stereocenters. The Labute approximate surface area is 146 Å². The number of ether oxygens (including phenoxy) is 1. The summed E-state index contributed by atoms with van der Waals surface area (Å²) < 4.78 is 5.53. The molecule has 5 heteroatoms. The van der Waals surface area contributed by atoms with Crippen LogP contribution in [0, 0.1) is 0 Å². The van der Waals surface area contributed by atoms with Gasteiger partial charge in [0, 0.05) is 26.7 Å². The van der Waals surface area contributed by atoms with Crippen LogP contribution in [0.4, 0.5) is 0 Å². The number of carbonyl (C=O) groups is 1. The second-order valence-electron chi connectivity index (χ2n) is 6.41. The normalized spacial score (nSPS) is 17.1. The van der Waals surface area contributed by atoms with Crippen LogP contribution in [0.5, 0.6) is 0 Å². The van der Waals surface area contributed by atoms with Gasteiger partial charge in [-0.25, -0.2) is 0 Å². The molecular weight excluding hydrogens is 312 g/mol. The van der Waals surface area contributed by atoms with E-state index in [0.717, 1.165) is 26.0 Å². The highest BCUT2D eigenvalue weighted by Gasteiger charge is 2.16. The molecule has 1 amide bonds. The second-order valence-corrected chi connectivity index (χ2v) is 6.41. The summed E-state index contributed by atoms with van der Waals surface area (Å²) in [5, 5.41) is 3.20. The molecular formula is C18H29ClN2O2. The summed E-state index contributed by atoms with van der Waals surface area (Å²) in [4.78, 5) is 13.9. The lowest BCUT2D eigenvalue weighted by Gasteiger charge is -2.19. The molecule has 1 aliphatic rings. The first kappa shape index (κ1) is 19.9. The maximum Gasteiger partial charge on any atom is 0.236 e. The Hall–Kier alpha value is -1.10. The fourth-order valence-corrected chi connectivity index (χ4v) is 2.65. The lowest BCUT2D eigenvalue weighted by Crippen LogP contribution is -2.38. The number of nitrogens with one attached hydrogen (secondary N) is 1. The van der Waals surface area contributed by atoms with E-state index in [1.165, 1.54) is 11.1 Å². The first-order valence-corrected chi connectivity index (χ1v) is 8.21. The zero-order chi connectivity index (χ0) is 15.9. The van der Waals surface area contributed by atoms with Crippen molar-refractivity contribution in [2.24, 2.45) is 0 Å². The Morgan fingerprint density at radius 1 is 1.35 bits per heavy atom. The van der Waals surface area contributed by atoms with E-state index >= 15 is 0 Å². The van der Waals surface area contributed by atoms with Crippen LogP contribution in [0.2, 0.25) is 0 Å². The maximum absolute atomic E-state index is 12.1. The van der Waals surface area contributed by atoms with Crippen molar-refractivity contribution in [2.45, 2.75) is 45.3 Å². The molecule has 0 radical (unpaired) electrons. The molecule has 130 valence electrons. The molecule has 0 saturated carbocycles. The van der Waals surface area contributed by atoms with Gasteiger partial charge in [-0.2, -0.15) is 0 Å². The molecule has 23 heavy (non-hydrogen) atoms. The highest BCUT2D eigenvalue weighted by atomic mass is 35.5. The van der Waals surface area contributed by atoms with Gasteiger partial charge in [0.25, 0.3) is 0 Å². The number of amides is 1. The SMILES string of the molecule is CC(C)c1ccc(CN(C)C(=O)CNCC2CCCO2)cc1.Cl. The van der Waals surface area contributed by atoms with Gasteiger partial charge in [0.1, 0.15) is 0 Å². The van der Waals surface area contributed by atoms with E-state index in [2.05, 4.69) is 43.4 Å². The van der Waals surface area contributed by atoms with E-state index in [1.54, 1.807) is 4.90 Å². The van der Waals surface area contributed by atoms with Crippen molar-refractivity contribution in [3.05, 3.63) is 35.4 Å². The van der Waals surface area contributed by atoms with Gasteiger partial charge in [-0.15, -0.1) is 12.4 Å². The Morgan fingerprint density at radius 3 is 2.61 bits per heavy atom. The summed E-state index contributed by atoms with van der Waals surface area (Å²) >= 11 is 0. The van der Waals surface area contributed by atoms with E-state index < -0.39 is 0 Å². The molecule has 2 rings (SSSR count). The predicted octanol–water partition coefficient (Wildman–Crippen LogP) is 2.96. The molecule has 1 aromatic rings. The van der Waals surface area contributed by atoms with Crippen LogP contribution < -0.4 is 5.32 Å². The Bertz CT molecular complexity index is 470. The number of benzene rings is 1. The third-order valence-corrected chi connectivity index (χ3v) is 4.16. The van der Waals surface area contributed by atoms with E-state index in [9.17, 15) is 4.79 Å². The predicted molar refractivity (Wildman–Crippen MR) is 96.1 cm³/mol. The number of carbonyl (C=O) groups excluding carboxylic acids is 1. The van der Waals surface area contributed by atoms with Gasteiger partial charge in [0.2, 0.25) is 5.91 Å². The molecule has 0 bridgehead atoms. The highest BCUT2D eigenvalue weighted by molar-refractivity contribution is 5.85. The van der Waals surface area contributed by atoms with E-state index in [-0.39, 0.29) is 24.4 Å². The summed E-state index contributed by atoms with van der Waals surface area (Å²) in [6, 6.07) is 8.51. The van der Waals surface area contributed by atoms with Gasteiger partial charge in [0.05, 0.1) is 12.6 Å². The fraction of sp³-hybridized carbons (Fsp3) is 0.611. The molecule has 1 N–H and O–H groups in total. The Kier molecular flexibility index (Phi) is 8.59. The fourth-order valence-electron chi connectivity index (χ4n) is 2.65. The lowest BCUT2D eigenvalue weighted by atomic mass is 10.0. The summed E-state index contributed by atoms with van der Waals surface area (Å²) in [5.41, 5.74) is 2.50. The van der Waals surface area contributed by atoms with E-state index in [1.807, 2.05) is 7.05 Å². The number of hydrogen-bond acceptors (Lipinski definition) is 3. The molecule has 4 nitrogen and oxygen atoms in total. The van der Waals surface area contributed by atoms with Gasteiger partial charge in [-0.3, -0.25) is 4.79 Å². The molecule has 1 aliphatic heterocycles. The summed E-state index contributed by atoms with van der Waals surface area (Å²) in [7, 11) is 1.85. The zero-order valence-electron chi connectivity index (χ0n) is 14.4. The van der Waals surface area contributed by atoms with Crippen molar-refractivity contribution in [1.29, 1.82) is 0 Å². The monoisotopic (exact) mass is 340 g/mol. The Morgan fingerprint density at radius 2 is 2.04 bits per heavy atom. The van der Waals surface area contributed by atoms with Crippen LogP contribution >= 0.6 is 12.4 Å². The number of halogens is 1. The van der Waals surface area contributed by atoms with Gasteiger partial charge in [0.15, 0.2) is 0 Å². The lowest BCUT2D eigenvalue weighted by molar-refractivity contribution is -0.129. The van der Waals surface area contributed by atoms with E-state index in [4.69, 9.17) is 4.74 Å². The molecule has 0 aromatic heterocycles. The summed E-state index contributed by atoms with van der Waals surface area (Å²) in [5.74, 6) is 0.654. The van der Waals surface area contributed by atoms with Crippen molar-refractivity contribution in [3.8, 4) is 0 Å². The minimum atomic E-state index is 0. The largest absolute Gasteiger partial charge is 0.377 e. The van der Waals surface area contributed by atoms with Crippen molar-refractivity contribution < 1.29 is 9.53 Å². The molecule has 0 spiro atoms. The average Bonchev–Trinajstić information content (AvgIpc) is 3.01. The van der Waals surface area contributed by atoms with Crippen LogP contribution in [0.15, 0.2) is 24.3 Å². The van der Waals surface area contributed by atoms with Crippen molar-refractivity contribution >= 4 is 18.3 Å². The van der Waals surface area contributed by atoms with Crippen molar-refractivity contribution in [3.63, 3.8) is 0 Å². The van der Waals surface area contributed by atoms with Gasteiger partial charge in [-0.1, -0.05) is 38.1 Å². The van der Waals surface area contributed by atoms with Gasteiger partial charge >= 0.3 is 0 Å². The molecule has 1 unspecified atom stereocenters. The van der Waals surface area contributed by atoms with Crippen molar-refractivity contribution in [2.75, 3.05) is 26.7 Å². The van der Waals surface area contributed by atoms with Crippen LogP contribution in [-0.4, -0.2) is 43.7 Å². The molecule has 1 heterocycles. The smallest absolute Gasteiger partial charge is 0.236 e. The second kappa shape index (κ2) is 9.91. The number of hydrogen-bond donors (Lipinski definition) is 1. The van der Waals surface area contributed by atoms with Crippen LogP contribution in [0.25, 0.3) is 0 Å². The van der Waals surface area contributed by atoms with Crippen molar-refractivity contribution in [1.82, 2.24) is 10.2 Å². The average molecular weight is 341 g/mol. The number of rotatable bonds is 7. The van der Waals surface area contributed by atoms with E-state index in [0.29, 0.717) is 19.0 Å². The number of likely N-dealkylation sites (N-methyl/N-ethyl adjacent to an activating group) is 1. The third-order valence-electron chi connectivity index (χ3n) is 4.16. The molecule has 1 fully saturated rings. The minimum absolute atomic E-state index is 0. The first-order valence-electron chi connectivity index (χ1n) is 8.21. The van der Waals surface area contributed by atoms with Crippen LogP contribution in [0.1, 0.15) is 43.7 Å². The first-order chi connectivity index (χ1) is 10.6. The molecule has 1 saturated heterocycles.